The predicted octanol–water partition coefficient (Wildman–Crippen LogP) is 2.02. The Kier molecular flexibility index (Phi) is 4.55. The Bertz CT molecular complexity index is 881. The molecule has 1 aromatic heterocycles. The van der Waals surface area contributed by atoms with Crippen LogP contribution in [0.4, 0.5) is 0 Å². The molecule has 1 aliphatic carbocycles. The monoisotopic (exact) mass is 329 g/mol. The number of amides is 1. The Labute approximate surface area is 139 Å². The molecule has 24 heavy (non-hydrogen) atoms. The van der Waals surface area contributed by atoms with Gasteiger partial charge in [0, 0.05) is 18.2 Å². The number of rotatable bonds is 3. The third-order valence-electron chi connectivity index (χ3n) is 4.82. The normalized spacial score (nSPS) is 20.9. The van der Waals surface area contributed by atoms with E-state index in [0.29, 0.717) is 29.1 Å². The third-order valence-corrected chi connectivity index (χ3v) is 4.82. The first kappa shape index (κ1) is 16.5. The van der Waals surface area contributed by atoms with E-state index in [0.717, 1.165) is 19.3 Å². The lowest BCUT2D eigenvalue weighted by Gasteiger charge is -2.27. The molecular formula is C18H23N3O3. The average Bonchev–Trinajstić information content (AvgIpc) is 2.55. The number of aryl methyl sites for hydroxylation is 1. The quantitative estimate of drug-likeness (QED) is 0.845. The van der Waals surface area contributed by atoms with E-state index in [4.69, 9.17) is 0 Å². The Morgan fingerprint density at radius 1 is 1.33 bits per heavy atom. The maximum Gasteiger partial charge on any atom is 0.316 e. The van der Waals surface area contributed by atoms with Gasteiger partial charge in [0.1, 0.15) is 0 Å². The Morgan fingerprint density at radius 2 is 2.12 bits per heavy atom. The van der Waals surface area contributed by atoms with Gasteiger partial charge in [-0.05, 0) is 43.9 Å². The molecule has 0 spiro atoms. The van der Waals surface area contributed by atoms with E-state index in [1.165, 1.54) is 11.0 Å². The molecule has 3 rings (SSSR count). The molecule has 0 radical (unpaired) electrons. The van der Waals surface area contributed by atoms with Crippen molar-refractivity contribution in [2.24, 2.45) is 5.92 Å². The lowest BCUT2D eigenvalue weighted by molar-refractivity contribution is 0.0921. The zero-order valence-corrected chi connectivity index (χ0v) is 14.1. The number of benzene rings is 1. The third kappa shape index (κ3) is 3.13. The van der Waals surface area contributed by atoms with Crippen LogP contribution in [0.1, 0.15) is 49.9 Å². The van der Waals surface area contributed by atoms with Crippen molar-refractivity contribution in [3.05, 3.63) is 44.5 Å². The van der Waals surface area contributed by atoms with Crippen LogP contribution >= 0.6 is 0 Å². The maximum absolute atomic E-state index is 12.5. The number of hydrogen-bond donors (Lipinski definition) is 2. The van der Waals surface area contributed by atoms with Crippen molar-refractivity contribution in [3.63, 3.8) is 0 Å². The van der Waals surface area contributed by atoms with Gasteiger partial charge in [-0.15, -0.1) is 0 Å². The van der Waals surface area contributed by atoms with Crippen LogP contribution in [-0.4, -0.2) is 21.5 Å². The van der Waals surface area contributed by atoms with Crippen molar-refractivity contribution in [1.29, 1.82) is 0 Å². The van der Waals surface area contributed by atoms with Gasteiger partial charge in [-0.3, -0.25) is 14.4 Å². The van der Waals surface area contributed by atoms with E-state index in [-0.39, 0.29) is 11.9 Å². The van der Waals surface area contributed by atoms with Gasteiger partial charge >= 0.3 is 11.1 Å². The van der Waals surface area contributed by atoms with Crippen LogP contribution < -0.4 is 16.4 Å². The smallest absolute Gasteiger partial charge is 0.316 e. The molecule has 1 heterocycles. The first-order valence-corrected chi connectivity index (χ1v) is 8.57. The number of carbonyl (C=O) groups is 1. The number of carbonyl (C=O) groups excluding carboxylic acids is 1. The van der Waals surface area contributed by atoms with Crippen LogP contribution in [0.3, 0.4) is 0 Å². The van der Waals surface area contributed by atoms with Crippen LogP contribution in [0.15, 0.2) is 27.8 Å². The van der Waals surface area contributed by atoms with E-state index < -0.39 is 11.1 Å². The summed E-state index contributed by atoms with van der Waals surface area (Å²) in [6.07, 6.45) is 4.37. The zero-order valence-electron chi connectivity index (χ0n) is 14.1. The molecule has 0 aliphatic heterocycles. The highest BCUT2D eigenvalue weighted by Gasteiger charge is 2.21. The zero-order chi connectivity index (χ0) is 17.3. The molecule has 1 saturated carbocycles. The van der Waals surface area contributed by atoms with Crippen molar-refractivity contribution in [3.8, 4) is 0 Å². The lowest BCUT2D eigenvalue weighted by Crippen LogP contribution is -2.38. The molecule has 6 nitrogen and oxygen atoms in total. The molecule has 0 bridgehead atoms. The largest absolute Gasteiger partial charge is 0.349 e. The van der Waals surface area contributed by atoms with Gasteiger partial charge in [0.2, 0.25) is 0 Å². The Morgan fingerprint density at radius 3 is 2.83 bits per heavy atom. The minimum Gasteiger partial charge on any atom is -0.349 e. The maximum atomic E-state index is 12.5. The number of H-pyrrole nitrogens is 1. The van der Waals surface area contributed by atoms with Gasteiger partial charge in [-0.1, -0.05) is 19.8 Å². The van der Waals surface area contributed by atoms with Crippen molar-refractivity contribution >= 4 is 16.9 Å². The fourth-order valence-electron chi connectivity index (χ4n) is 3.57. The van der Waals surface area contributed by atoms with E-state index in [1.807, 2.05) is 6.92 Å². The highest BCUT2D eigenvalue weighted by molar-refractivity contribution is 5.97. The minimum atomic E-state index is -0.664. The minimum absolute atomic E-state index is 0.133. The number of nitrogens with zero attached hydrogens (tertiary/aromatic N) is 1. The molecule has 0 saturated heterocycles. The first-order valence-electron chi connectivity index (χ1n) is 8.57. The SMILES string of the molecule is CCn1c(=O)c(=O)[nH]c2cc(C(=O)NC3CCCC(C)C3)ccc21. The summed E-state index contributed by atoms with van der Waals surface area (Å²) < 4.78 is 1.42. The molecular weight excluding hydrogens is 306 g/mol. The molecule has 1 aromatic carbocycles. The number of nitrogens with one attached hydrogen (secondary N) is 2. The summed E-state index contributed by atoms with van der Waals surface area (Å²) in [4.78, 5) is 38.7. The van der Waals surface area contributed by atoms with E-state index in [9.17, 15) is 14.4 Å². The van der Waals surface area contributed by atoms with Crippen LogP contribution in [0.25, 0.3) is 11.0 Å². The molecule has 1 fully saturated rings. The summed E-state index contributed by atoms with van der Waals surface area (Å²) in [6, 6.07) is 5.27. The van der Waals surface area contributed by atoms with E-state index in [2.05, 4.69) is 17.2 Å². The molecule has 2 atom stereocenters. The number of aromatic nitrogens is 2. The average molecular weight is 329 g/mol. The van der Waals surface area contributed by atoms with Gasteiger partial charge in [0.25, 0.3) is 5.91 Å². The Balaban J connectivity index is 1.90. The van der Waals surface area contributed by atoms with Crippen molar-refractivity contribution < 1.29 is 4.79 Å². The second kappa shape index (κ2) is 6.63. The predicted molar refractivity (Wildman–Crippen MR) is 93.4 cm³/mol. The van der Waals surface area contributed by atoms with Gasteiger partial charge in [-0.2, -0.15) is 0 Å². The van der Waals surface area contributed by atoms with E-state index >= 15 is 0 Å². The number of hydrogen-bond acceptors (Lipinski definition) is 3. The molecule has 128 valence electrons. The Hall–Kier alpha value is -2.37. The lowest BCUT2D eigenvalue weighted by atomic mass is 9.87. The van der Waals surface area contributed by atoms with Gasteiger partial charge in [0.05, 0.1) is 11.0 Å². The number of aromatic amines is 1. The van der Waals surface area contributed by atoms with Gasteiger partial charge < -0.3 is 14.9 Å². The highest BCUT2D eigenvalue weighted by atomic mass is 16.2. The summed E-state index contributed by atoms with van der Waals surface area (Å²) in [5.41, 5.74) is 0.398. The fraction of sp³-hybridized carbons (Fsp3) is 0.500. The second-order valence-corrected chi connectivity index (χ2v) is 6.68. The van der Waals surface area contributed by atoms with Crippen molar-refractivity contribution in [2.75, 3.05) is 0 Å². The van der Waals surface area contributed by atoms with Crippen molar-refractivity contribution in [1.82, 2.24) is 14.9 Å². The standard InChI is InChI=1S/C18H23N3O3/c1-3-21-15-8-7-12(10-14(15)20-17(23)18(21)24)16(22)19-13-6-4-5-11(2)9-13/h7-8,10-11,13H,3-6,9H2,1-2H3,(H,19,22)(H,20,23). The van der Waals surface area contributed by atoms with Crippen LogP contribution in [0, 0.1) is 5.92 Å². The summed E-state index contributed by atoms with van der Waals surface area (Å²) in [5, 5.41) is 3.09. The van der Waals surface area contributed by atoms with Crippen molar-refractivity contribution in [2.45, 2.75) is 52.1 Å². The summed E-state index contributed by atoms with van der Waals surface area (Å²) in [5.74, 6) is 0.502. The van der Waals surface area contributed by atoms with E-state index in [1.54, 1.807) is 18.2 Å². The highest BCUT2D eigenvalue weighted by Crippen LogP contribution is 2.23. The van der Waals surface area contributed by atoms with Crippen LogP contribution in [0.2, 0.25) is 0 Å². The first-order chi connectivity index (χ1) is 11.5. The van der Waals surface area contributed by atoms with Gasteiger partial charge in [0.15, 0.2) is 0 Å². The van der Waals surface area contributed by atoms with Gasteiger partial charge in [-0.25, -0.2) is 0 Å². The summed E-state index contributed by atoms with van der Waals surface area (Å²) in [6.45, 7) is 4.43. The molecule has 2 N–H and O–H groups in total. The van der Waals surface area contributed by atoms with Crippen LogP contribution in [0.5, 0.6) is 0 Å². The molecule has 2 aromatic rings. The molecule has 2 unspecified atom stereocenters. The topological polar surface area (TPSA) is 84.0 Å². The fourth-order valence-corrected chi connectivity index (χ4v) is 3.57. The van der Waals surface area contributed by atoms with Crippen LogP contribution in [-0.2, 0) is 6.54 Å². The molecule has 6 heteroatoms. The number of fused-ring (bicyclic) bond motifs is 1. The molecule has 1 amide bonds. The summed E-state index contributed by atoms with van der Waals surface area (Å²) >= 11 is 0. The molecule has 1 aliphatic rings. The summed E-state index contributed by atoms with van der Waals surface area (Å²) in [7, 11) is 0. The second-order valence-electron chi connectivity index (χ2n) is 6.68.